The van der Waals surface area contributed by atoms with Crippen LogP contribution >= 0.6 is 37.2 Å². The molecule has 8 heteroatoms. The zero-order chi connectivity index (χ0) is 16.7. The highest BCUT2D eigenvalue weighted by Gasteiger charge is 2.13. The molecule has 1 aliphatic rings. The number of piperazine rings is 1. The molecule has 1 amide bonds. The molecule has 1 aliphatic heterocycles. The summed E-state index contributed by atoms with van der Waals surface area (Å²) in [6.45, 7) is 8.08. The van der Waals surface area contributed by atoms with Crippen molar-refractivity contribution in [3.63, 3.8) is 0 Å². The maximum atomic E-state index is 11.7. The van der Waals surface area contributed by atoms with E-state index in [1.165, 1.54) is 5.56 Å². The number of halogens is 3. The van der Waals surface area contributed by atoms with E-state index in [9.17, 15) is 4.79 Å². The lowest BCUT2D eigenvalue weighted by molar-refractivity contribution is -0.121. The van der Waals surface area contributed by atoms with E-state index in [4.69, 9.17) is 5.73 Å². The first kappa shape index (κ1) is 27.7. The number of amides is 1. The zero-order valence-corrected chi connectivity index (χ0v) is 18.1. The van der Waals surface area contributed by atoms with Crippen LogP contribution in [-0.2, 0) is 17.9 Å². The Morgan fingerprint density at radius 1 is 1.08 bits per heavy atom. The molecule has 2 rings (SSSR count). The van der Waals surface area contributed by atoms with Crippen molar-refractivity contribution in [1.82, 2.24) is 15.1 Å². The van der Waals surface area contributed by atoms with E-state index >= 15 is 0 Å². The molecule has 1 heterocycles. The van der Waals surface area contributed by atoms with Crippen molar-refractivity contribution in [3.05, 3.63) is 35.4 Å². The van der Waals surface area contributed by atoms with Crippen LogP contribution in [0.4, 0.5) is 0 Å². The van der Waals surface area contributed by atoms with E-state index in [0.29, 0.717) is 13.0 Å². The first-order chi connectivity index (χ1) is 11.0. The molecular weight excluding hydrogens is 395 g/mol. The lowest BCUT2D eigenvalue weighted by Gasteiger charge is -2.32. The van der Waals surface area contributed by atoms with Crippen molar-refractivity contribution >= 4 is 43.1 Å². The lowest BCUT2D eigenvalue weighted by Crippen LogP contribution is -2.43. The van der Waals surface area contributed by atoms with Gasteiger partial charge in [0.1, 0.15) is 0 Å². The fourth-order valence-electron chi connectivity index (χ4n) is 2.67. The molecule has 1 aromatic rings. The molecule has 1 saturated heterocycles. The Bertz CT molecular complexity index is 492. The third-order valence-electron chi connectivity index (χ3n) is 4.34. The minimum atomic E-state index is 0. The highest BCUT2D eigenvalue weighted by Crippen LogP contribution is 2.10. The van der Waals surface area contributed by atoms with Crippen LogP contribution in [0.1, 0.15) is 30.9 Å². The van der Waals surface area contributed by atoms with Crippen LogP contribution in [-0.4, -0.2) is 55.0 Å². The number of hydrogen-bond acceptors (Lipinski definition) is 4. The van der Waals surface area contributed by atoms with Gasteiger partial charge in [0, 0.05) is 51.7 Å². The molecule has 0 bridgehead atoms. The number of hydrogen-bond donors (Lipinski definition) is 2. The molecule has 1 fully saturated rings. The van der Waals surface area contributed by atoms with Crippen molar-refractivity contribution < 1.29 is 4.79 Å². The molecule has 1 unspecified atom stereocenters. The van der Waals surface area contributed by atoms with E-state index in [0.717, 1.165) is 44.7 Å². The van der Waals surface area contributed by atoms with Crippen LogP contribution in [0.15, 0.2) is 24.3 Å². The summed E-state index contributed by atoms with van der Waals surface area (Å²) in [5.74, 6) is 0.0730. The van der Waals surface area contributed by atoms with Gasteiger partial charge in [-0.1, -0.05) is 24.3 Å². The first-order valence-electron chi connectivity index (χ1n) is 8.54. The predicted octanol–water partition coefficient (Wildman–Crippen LogP) is 2.44. The zero-order valence-electron chi connectivity index (χ0n) is 15.6. The van der Waals surface area contributed by atoms with E-state index in [2.05, 4.69) is 46.4 Å². The van der Waals surface area contributed by atoms with Gasteiger partial charge in [-0.3, -0.25) is 9.69 Å². The SMILES string of the molecule is CC(N)CCC(=O)NCc1ccc(CN2CCN(C)CC2)cc1.Cl.Cl.Cl. The number of rotatable bonds is 7. The van der Waals surface area contributed by atoms with Crippen molar-refractivity contribution in [2.24, 2.45) is 5.73 Å². The number of carbonyl (C=O) groups is 1. The molecule has 3 N–H and O–H groups in total. The molecule has 5 nitrogen and oxygen atoms in total. The second-order valence-electron chi connectivity index (χ2n) is 6.69. The van der Waals surface area contributed by atoms with Crippen LogP contribution in [0.5, 0.6) is 0 Å². The van der Waals surface area contributed by atoms with E-state index < -0.39 is 0 Å². The van der Waals surface area contributed by atoms with Crippen LogP contribution in [0.25, 0.3) is 0 Å². The van der Waals surface area contributed by atoms with Crippen molar-refractivity contribution in [1.29, 1.82) is 0 Å². The largest absolute Gasteiger partial charge is 0.352 e. The first-order valence-corrected chi connectivity index (χ1v) is 8.54. The summed E-state index contributed by atoms with van der Waals surface area (Å²) in [7, 11) is 2.18. The van der Waals surface area contributed by atoms with Crippen molar-refractivity contribution in [2.75, 3.05) is 33.2 Å². The maximum absolute atomic E-state index is 11.7. The number of nitrogens with two attached hydrogens (primary N) is 1. The quantitative estimate of drug-likeness (QED) is 0.701. The van der Waals surface area contributed by atoms with Crippen molar-refractivity contribution in [2.45, 2.75) is 38.9 Å². The average molecular weight is 428 g/mol. The third kappa shape index (κ3) is 10.6. The van der Waals surface area contributed by atoms with Crippen LogP contribution in [0.3, 0.4) is 0 Å². The maximum Gasteiger partial charge on any atom is 0.220 e. The molecule has 0 aliphatic carbocycles. The summed E-state index contributed by atoms with van der Waals surface area (Å²) in [5.41, 5.74) is 8.14. The monoisotopic (exact) mass is 426 g/mol. The Balaban J connectivity index is 0. The highest BCUT2D eigenvalue weighted by atomic mass is 35.5. The third-order valence-corrected chi connectivity index (χ3v) is 4.34. The minimum absolute atomic E-state index is 0. The van der Waals surface area contributed by atoms with Gasteiger partial charge >= 0.3 is 0 Å². The predicted molar refractivity (Wildman–Crippen MR) is 116 cm³/mol. The van der Waals surface area contributed by atoms with Gasteiger partial charge in [-0.15, -0.1) is 37.2 Å². The van der Waals surface area contributed by atoms with Crippen LogP contribution < -0.4 is 11.1 Å². The number of nitrogens with zero attached hydrogens (tertiary/aromatic N) is 2. The summed E-state index contributed by atoms with van der Waals surface area (Å²) in [5, 5.41) is 2.95. The molecular formula is C18H33Cl3N4O. The molecule has 0 aromatic heterocycles. The van der Waals surface area contributed by atoms with Gasteiger partial charge in [0.2, 0.25) is 5.91 Å². The lowest BCUT2D eigenvalue weighted by atomic mass is 10.1. The van der Waals surface area contributed by atoms with Gasteiger partial charge in [-0.05, 0) is 31.5 Å². The van der Waals surface area contributed by atoms with E-state index in [1.54, 1.807) is 0 Å². The van der Waals surface area contributed by atoms with Gasteiger partial charge in [0.15, 0.2) is 0 Å². The fourth-order valence-corrected chi connectivity index (χ4v) is 2.67. The summed E-state index contributed by atoms with van der Waals surface area (Å²) in [4.78, 5) is 16.6. The van der Waals surface area contributed by atoms with Gasteiger partial charge in [0.05, 0.1) is 0 Å². The number of likely N-dealkylation sites (N-methyl/N-ethyl adjacent to an activating group) is 1. The van der Waals surface area contributed by atoms with Crippen LogP contribution in [0, 0.1) is 0 Å². The molecule has 0 radical (unpaired) electrons. The minimum Gasteiger partial charge on any atom is -0.352 e. The summed E-state index contributed by atoms with van der Waals surface area (Å²) in [6.07, 6.45) is 1.23. The summed E-state index contributed by atoms with van der Waals surface area (Å²) >= 11 is 0. The molecule has 26 heavy (non-hydrogen) atoms. The second kappa shape index (κ2) is 14.5. The highest BCUT2D eigenvalue weighted by molar-refractivity contribution is 5.86. The fraction of sp³-hybridized carbons (Fsp3) is 0.611. The molecule has 1 aromatic carbocycles. The Kier molecular flexibility index (Phi) is 15.4. The summed E-state index contributed by atoms with van der Waals surface area (Å²) < 4.78 is 0. The van der Waals surface area contributed by atoms with Crippen molar-refractivity contribution in [3.8, 4) is 0 Å². The number of carbonyl (C=O) groups excluding carboxylic acids is 1. The summed E-state index contributed by atoms with van der Waals surface area (Å²) in [6, 6.07) is 8.63. The molecule has 1 atom stereocenters. The Morgan fingerprint density at radius 2 is 1.62 bits per heavy atom. The average Bonchev–Trinajstić information content (AvgIpc) is 2.54. The Morgan fingerprint density at radius 3 is 2.15 bits per heavy atom. The van der Waals surface area contributed by atoms with Crippen LogP contribution in [0.2, 0.25) is 0 Å². The number of nitrogens with one attached hydrogen (secondary N) is 1. The normalized spacial score (nSPS) is 15.8. The van der Waals surface area contributed by atoms with E-state index in [1.807, 2.05) is 6.92 Å². The molecule has 0 saturated carbocycles. The standard InChI is InChI=1S/C18H30N4O.3ClH/c1-15(19)3-8-18(23)20-13-16-4-6-17(7-5-16)14-22-11-9-21(2)10-12-22;;;/h4-7,15H,3,8-14,19H2,1-2H3,(H,20,23);3*1H. The molecule has 0 spiro atoms. The van der Waals surface area contributed by atoms with Gasteiger partial charge in [0.25, 0.3) is 0 Å². The van der Waals surface area contributed by atoms with Gasteiger partial charge in [-0.25, -0.2) is 0 Å². The Labute approximate surface area is 176 Å². The smallest absolute Gasteiger partial charge is 0.220 e. The second-order valence-corrected chi connectivity index (χ2v) is 6.69. The number of benzene rings is 1. The van der Waals surface area contributed by atoms with Gasteiger partial charge in [-0.2, -0.15) is 0 Å². The topological polar surface area (TPSA) is 61.6 Å². The molecule has 152 valence electrons. The Hall–Kier alpha value is -0.560. The van der Waals surface area contributed by atoms with E-state index in [-0.39, 0.29) is 49.2 Å². The van der Waals surface area contributed by atoms with Gasteiger partial charge < -0.3 is 16.0 Å².